The normalized spacial score (nSPS) is 19.2. The maximum absolute atomic E-state index is 13.2. The van der Waals surface area contributed by atoms with E-state index in [4.69, 9.17) is 5.26 Å². The molecule has 2 unspecified atom stereocenters. The topological polar surface area (TPSA) is 56.0 Å². The molecule has 0 aliphatic heterocycles. The molecule has 0 spiro atoms. The third kappa shape index (κ3) is 2.42. The van der Waals surface area contributed by atoms with E-state index in [0.717, 1.165) is 0 Å². The van der Waals surface area contributed by atoms with Crippen LogP contribution in [0.1, 0.15) is 42.1 Å². The fourth-order valence-corrected chi connectivity index (χ4v) is 2.46. The highest BCUT2D eigenvalue weighted by Crippen LogP contribution is 2.43. The Balaban J connectivity index is 2.63. The average Bonchev–Trinajstić information content (AvgIpc) is 2.62. The Labute approximate surface area is 114 Å². The summed E-state index contributed by atoms with van der Waals surface area (Å²) in [6.07, 6.45) is -4.02. The molecule has 0 aromatic heterocycles. The molecule has 1 aliphatic rings. The van der Waals surface area contributed by atoms with Crippen molar-refractivity contribution in [3.8, 4) is 6.07 Å². The molecule has 0 fully saturated rings. The van der Waals surface area contributed by atoms with Crippen molar-refractivity contribution in [3.05, 3.63) is 40.0 Å². The molecule has 20 heavy (non-hydrogen) atoms. The Morgan fingerprint density at radius 3 is 2.55 bits per heavy atom. The standard InChI is InChI=1S/C14H13F3N2O/c1-7-5-11-10(13(7)19-8(2)20)4-3-9(6-18)12(11)14(15,16)17/h3-5,8,13,19-20H,1-2H3. The van der Waals surface area contributed by atoms with Crippen LogP contribution >= 0.6 is 0 Å². The lowest BCUT2D eigenvalue weighted by Gasteiger charge is -2.20. The first kappa shape index (κ1) is 14.6. The lowest BCUT2D eigenvalue weighted by Crippen LogP contribution is -2.30. The number of rotatable bonds is 2. The predicted molar refractivity (Wildman–Crippen MR) is 67.4 cm³/mol. The molecule has 3 nitrogen and oxygen atoms in total. The van der Waals surface area contributed by atoms with E-state index in [1.165, 1.54) is 25.1 Å². The van der Waals surface area contributed by atoms with Crippen molar-refractivity contribution in [3.63, 3.8) is 0 Å². The highest BCUT2D eigenvalue weighted by Gasteiger charge is 2.39. The summed E-state index contributed by atoms with van der Waals surface area (Å²) in [5.74, 6) is 0. The largest absolute Gasteiger partial charge is 0.418 e. The zero-order valence-electron chi connectivity index (χ0n) is 10.9. The molecule has 0 radical (unpaired) electrons. The van der Waals surface area contributed by atoms with Gasteiger partial charge in [-0.25, -0.2) is 0 Å². The number of benzene rings is 1. The fourth-order valence-electron chi connectivity index (χ4n) is 2.46. The SMILES string of the molecule is CC1=Cc2c(ccc(C#N)c2C(F)(F)F)C1NC(C)O. The number of hydrogen-bond donors (Lipinski definition) is 2. The monoisotopic (exact) mass is 282 g/mol. The van der Waals surface area contributed by atoms with Crippen molar-refractivity contribution in [2.75, 3.05) is 0 Å². The summed E-state index contributed by atoms with van der Waals surface area (Å²) in [4.78, 5) is 0. The Hall–Kier alpha value is -1.84. The third-order valence-electron chi connectivity index (χ3n) is 3.23. The smallest absolute Gasteiger partial charge is 0.379 e. The number of nitrogens with zero attached hydrogens (tertiary/aromatic N) is 1. The molecule has 1 aliphatic carbocycles. The summed E-state index contributed by atoms with van der Waals surface area (Å²) < 4.78 is 39.5. The quantitative estimate of drug-likeness (QED) is 0.820. The average molecular weight is 282 g/mol. The van der Waals surface area contributed by atoms with Crippen molar-refractivity contribution in [1.29, 1.82) is 5.26 Å². The van der Waals surface area contributed by atoms with Crippen molar-refractivity contribution < 1.29 is 18.3 Å². The summed E-state index contributed by atoms with van der Waals surface area (Å²) in [6, 6.07) is 3.78. The van der Waals surface area contributed by atoms with Crippen LogP contribution in [0.3, 0.4) is 0 Å². The van der Waals surface area contributed by atoms with Crippen LogP contribution in [-0.4, -0.2) is 11.3 Å². The van der Waals surface area contributed by atoms with Crippen LogP contribution in [0.4, 0.5) is 13.2 Å². The molecule has 2 rings (SSSR count). The van der Waals surface area contributed by atoms with E-state index in [9.17, 15) is 18.3 Å². The Bertz CT molecular complexity index is 612. The van der Waals surface area contributed by atoms with Gasteiger partial charge in [-0.2, -0.15) is 18.4 Å². The number of aliphatic hydroxyl groups excluding tert-OH is 1. The van der Waals surface area contributed by atoms with Crippen LogP contribution in [0, 0.1) is 11.3 Å². The number of nitriles is 1. The molecule has 2 N–H and O–H groups in total. The Kier molecular flexibility index (Phi) is 3.59. The number of hydrogen-bond acceptors (Lipinski definition) is 3. The second-order valence-corrected chi connectivity index (χ2v) is 4.76. The maximum atomic E-state index is 13.2. The van der Waals surface area contributed by atoms with Crippen LogP contribution in [0.5, 0.6) is 0 Å². The molecular formula is C14H13F3N2O. The van der Waals surface area contributed by atoms with Crippen LogP contribution in [0.2, 0.25) is 0 Å². The Morgan fingerprint density at radius 2 is 2.05 bits per heavy atom. The van der Waals surface area contributed by atoms with Gasteiger partial charge < -0.3 is 5.11 Å². The van der Waals surface area contributed by atoms with Crippen molar-refractivity contribution in [2.24, 2.45) is 0 Å². The number of nitrogens with one attached hydrogen (secondary N) is 1. The minimum absolute atomic E-state index is 0.00667. The van der Waals surface area contributed by atoms with Crippen molar-refractivity contribution in [1.82, 2.24) is 5.32 Å². The summed E-state index contributed by atoms with van der Waals surface area (Å²) in [7, 11) is 0. The molecule has 0 heterocycles. The number of halogens is 3. The van der Waals surface area contributed by atoms with Gasteiger partial charge >= 0.3 is 6.18 Å². The number of fused-ring (bicyclic) bond motifs is 1. The first-order valence-electron chi connectivity index (χ1n) is 6.02. The minimum atomic E-state index is -4.59. The lowest BCUT2D eigenvalue weighted by molar-refractivity contribution is -0.137. The minimum Gasteiger partial charge on any atom is -0.379 e. The summed E-state index contributed by atoms with van der Waals surface area (Å²) in [6.45, 7) is 3.19. The van der Waals surface area contributed by atoms with Gasteiger partial charge in [-0.1, -0.05) is 17.7 Å². The van der Waals surface area contributed by atoms with E-state index < -0.39 is 29.6 Å². The van der Waals surface area contributed by atoms with E-state index in [1.54, 1.807) is 13.0 Å². The molecular weight excluding hydrogens is 269 g/mol. The van der Waals surface area contributed by atoms with Crippen LogP contribution in [0.25, 0.3) is 6.08 Å². The van der Waals surface area contributed by atoms with Gasteiger partial charge in [0.25, 0.3) is 0 Å². The molecule has 1 aromatic carbocycles. The molecule has 0 saturated heterocycles. The van der Waals surface area contributed by atoms with Gasteiger partial charge in [-0.05, 0) is 31.0 Å². The zero-order chi connectivity index (χ0) is 15.1. The first-order valence-corrected chi connectivity index (χ1v) is 6.02. The molecule has 106 valence electrons. The van der Waals surface area contributed by atoms with E-state index in [1.807, 2.05) is 0 Å². The molecule has 2 atom stereocenters. The molecule has 0 saturated carbocycles. The highest BCUT2D eigenvalue weighted by molar-refractivity contribution is 5.71. The first-order chi connectivity index (χ1) is 9.25. The molecule has 6 heteroatoms. The summed E-state index contributed by atoms with van der Waals surface area (Å²) >= 11 is 0. The second kappa shape index (κ2) is 4.93. The van der Waals surface area contributed by atoms with Gasteiger partial charge in [0, 0.05) is 0 Å². The summed E-state index contributed by atoms with van der Waals surface area (Å²) in [5, 5.41) is 21.0. The molecule has 1 aromatic rings. The van der Waals surface area contributed by atoms with Crippen molar-refractivity contribution in [2.45, 2.75) is 32.3 Å². The highest BCUT2D eigenvalue weighted by atomic mass is 19.4. The predicted octanol–water partition coefficient (Wildman–Crippen LogP) is 2.96. The van der Waals surface area contributed by atoms with E-state index in [-0.39, 0.29) is 5.56 Å². The van der Waals surface area contributed by atoms with Crippen LogP contribution < -0.4 is 5.32 Å². The van der Waals surface area contributed by atoms with Gasteiger partial charge in [0.15, 0.2) is 0 Å². The van der Waals surface area contributed by atoms with Crippen LogP contribution in [0.15, 0.2) is 17.7 Å². The third-order valence-corrected chi connectivity index (χ3v) is 3.23. The summed E-state index contributed by atoms with van der Waals surface area (Å²) in [5.41, 5.74) is -0.201. The van der Waals surface area contributed by atoms with Gasteiger partial charge in [0.2, 0.25) is 0 Å². The van der Waals surface area contributed by atoms with Crippen molar-refractivity contribution >= 4 is 6.08 Å². The van der Waals surface area contributed by atoms with Gasteiger partial charge in [0.1, 0.15) is 6.23 Å². The number of aliphatic hydroxyl groups is 1. The lowest BCUT2D eigenvalue weighted by atomic mass is 9.96. The van der Waals surface area contributed by atoms with Crippen LogP contribution in [-0.2, 0) is 6.18 Å². The zero-order valence-corrected chi connectivity index (χ0v) is 10.9. The van der Waals surface area contributed by atoms with Gasteiger partial charge in [-0.15, -0.1) is 0 Å². The van der Waals surface area contributed by atoms with Gasteiger partial charge in [-0.3, -0.25) is 5.32 Å². The van der Waals surface area contributed by atoms with Gasteiger partial charge in [0.05, 0.1) is 23.2 Å². The Morgan fingerprint density at radius 1 is 1.40 bits per heavy atom. The van der Waals surface area contributed by atoms with E-state index in [2.05, 4.69) is 5.32 Å². The fraction of sp³-hybridized carbons (Fsp3) is 0.357. The number of alkyl halides is 3. The second-order valence-electron chi connectivity index (χ2n) is 4.76. The van der Waals surface area contributed by atoms with E-state index >= 15 is 0 Å². The molecule has 0 bridgehead atoms. The maximum Gasteiger partial charge on any atom is 0.418 e. The van der Waals surface area contributed by atoms with E-state index in [0.29, 0.717) is 11.1 Å². The molecule has 0 amide bonds.